The highest BCUT2D eigenvalue weighted by Gasteiger charge is 2.30. The molecule has 0 unspecified atom stereocenters. The van der Waals surface area contributed by atoms with Crippen LogP contribution in [0.15, 0.2) is 79.0 Å². The van der Waals surface area contributed by atoms with Crippen LogP contribution >= 0.6 is 0 Å². The van der Waals surface area contributed by atoms with Crippen LogP contribution in [0.2, 0.25) is 0 Å². The molecule has 0 radical (unpaired) electrons. The van der Waals surface area contributed by atoms with Gasteiger partial charge >= 0.3 is 6.18 Å². The molecule has 34 heavy (non-hydrogen) atoms. The molecule has 0 saturated heterocycles. The molecule has 3 aromatic carbocycles. The summed E-state index contributed by atoms with van der Waals surface area (Å²) in [6, 6.07) is 17.7. The molecular weight excluding hydrogens is 447 g/mol. The van der Waals surface area contributed by atoms with Crippen molar-refractivity contribution in [3.05, 3.63) is 95.8 Å². The molecule has 0 aliphatic carbocycles. The summed E-state index contributed by atoms with van der Waals surface area (Å²) in [6.45, 7) is 0. The molecule has 4 aromatic rings. The SMILES string of the molecule is CNC(=O)c1cc(Oc2ccc3c(NC(=O)c4ccc(C(F)(F)F)cc4)cccc3c2)ccn1. The van der Waals surface area contributed by atoms with Crippen LogP contribution in [-0.2, 0) is 6.18 Å². The Labute approximate surface area is 192 Å². The van der Waals surface area contributed by atoms with Gasteiger partial charge in [-0.05, 0) is 60.0 Å². The van der Waals surface area contributed by atoms with Crippen molar-refractivity contribution >= 4 is 28.3 Å². The van der Waals surface area contributed by atoms with Gasteiger partial charge in [0.15, 0.2) is 0 Å². The minimum absolute atomic E-state index is 0.106. The maximum Gasteiger partial charge on any atom is 0.416 e. The average molecular weight is 465 g/mol. The van der Waals surface area contributed by atoms with Crippen LogP contribution in [0.1, 0.15) is 26.4 Å². The third-order valence-corrected chi connectivity index (χ3v) is 5.00. The van der Waals surface area contributed by atoms with E-state index in [1.54, 1.807) is 36.4 Å². The molecule has 2 amide bonds. The number of hydrogen-bond acceptors (Lipinski definition) is 4. The van der Waals surface area contributed by atoms with E-state index in [0.717, 1.165) is 35.0 Å². The number of pyridine rings is 1. The minimum Gasteiger partial charge on any atom is -0.457 e. The van der Waals surface area contributed by atoms with E-state index in [1.807, 2.05) is 6.07 Å². The van der Waals surface area contributed by atoms with Crippen molar-refractivity contribution in [1.29, 1.82) is 0 Å². The van der Waals surface area contributed by atoms with Crippen LogP contribution in [0.3, 0.4) is 0 Å². The summed E-state index contributed by atoms with van der Waals surface area (Å²) in [5.74, 6) is 0.0740. The Bertz CT molecular complexity index is 1370. The summed E-state index contributed by atoms with van der Waals surface area (Å²) in [5, 5.41) is 6.72. The number of rotatable bonds is 5. The second kappa shape index (κ2) is 9.22. The first kappa shape index (κ1) is 22.8. The van der Waals surface area contributed by atoms with Gasteiger partial charge in [-0.1, -0.05) is 12.1 Å². The first-order chi connectivity index (χ1) is 16.2. The first-order valence-electron chi connectivity index (χ1n) is 10.1. The normalized spacial score (nSPS) is 11.2. The Balaban J connectivity index is 1.54. The van der Waals surface area contributed by atoms with Gasteiger partial charge in [-0.25, -0.2) is 0 Å². The molecule has 2 N–H and O–H groups in total. The van der Waals surface area contributed by atoms with Crippen LogP contribution in [0.5, 0.6) is 11.5 Å². The number of benzene rings is 3. The molecule has 172 valence electrons. The average Bonchev–Trinajstić information content (AvgIpc) is 2.83. The Hall–Kier alpha value is -4.40. The van der Waals surface area contributed by atoms with Crippen LogP contribution in [0, 0.1) is 0 Å². The van der Waals surface area contributed by atoms with Crippen molar-refractivity contribution < 1.29 is 27.5 Å². The number of fused-ring (bicyclic) bond motifs is 1. The molecule has 1 heterocycles. The van der Waals surface area contributed by atoms with Gasteiger partial charge in [0.25, 0.3) is 11.8 Å². The molecule has 9 heteroatoms. The van der Waals surface area contributed by atoms with E-state index in [4.69, 9.17) is 4.74 Å². The zero-order valence-electron chi connectivity index (χ0n) is 17.8. The monoisotopic (exact) mass is 465 g/mol. The molecule has 1 aromatic heterocycles. The molecule has 0 atom stereocenters. The van der Waals surface area contributed by atoms with Gasteiger partial charge in [0.2, 0.25) is 0 Å². The molecule has 0 fully saturated rings. The van der Waals surface area contributed by atoms with Crippen molar-refractivity contribution in [2.24, 2.45) is 0 Å². The minimum atomic E-state index is -4.47. The Morgan fingerprint density at radius 1 is 0.882 bits per heavy atom. The smallest absolute Gasteiger partial charge is 0.416 e. The van der Waals surface area contributed by atoms with Crippen molar-refractivity contribution in [1.82, 2.24) is 10.3 Å². The van der Waals surface area contributed by atoms with E-state index >= 15 is 0 Å². The van der Waals surface area contributed by atoms with E-state index in [-0.39, 0.29) is 17.2 Å². The summed E-state index contributed by atoms with van der Waals surface area (Å²) in [6.07, 6.45) is -3.00. The third-order valence-electron chi connectivity index (χ3n) is 5.00. The number of alkyl halides is 3. The number of anilines is 1. The number of ether oxygens (including phenoxy) is 1. The van der Waals surface area contributed by atoms with Crippen molar-refractivity contribution in [2.75, 3.05) is 12.4 Å². The van der Waals surface area contributed by atoms with E-state index < -0.39 is 17.6 Å². The van der Waals surface area contributed by atoms with Gasteiger partial charge in [0, 0.05) is 35.9 Å². The zero-order valence-corrected chi connectivity index (χ0v) is 17.8. The second-order valence-electron chi connectivity index (χ2n) is 7.28. The van der Waals surface area contributed by atoms with Gasteiger partial charge in [-0.15, -0.1) is 0 Å². The summed E-state index contributed by atoms with van der Waals surface area (Å²) >= 11 is 0. The molecular formula is C25H18F3N3O3. The lowest BCUT2D eigenvalue weighted by molar-refractivity contribution is -0.137. The fourth-order valence-electron chi connectivity index (χ4n) is 3.30. The standard InChI is InChI=1S/C25H18F3N3O3/c1-29-24(33)22-14-19(11-12-30-22)34-18-9-10-20-16(13-18)3-2-4-21(20)31-23(32)15-5-7-17(8-6-15)25(26,27)28/h2-14H,1H3,(H,29,33)(H,31,32). The lowest BCUT2D eigenvalue weighted by Crippen LogP contribution is -2.18. The van der Waals surface area contributed by atoms with Crippen LogP contribution in [0.25, 0.3) is 10.8 Å². The highest BCUT2D eigenvalue weighted by molar-refractivity contribution is 6.09. The van der Waals surface area contributed by atoms with Gasteiger partial charge < -0.3 is 15.4 Å². The van der Waals surface area contributed by atoms with Crippen LogP contribution in [-0.4, -0.2) is 23.8 Å². The van der Waals surface area contributed by atoms with Gasteiger partial charge in [-0.3, -0.25) is 14.6 Å². The Kier molecular flexibility index (Phi) is 6.18. The number of nitrogens with zero attached hydrogens (tertiary/aromatic N) is 1. The van der Waals surface area contributed by atoms with Crippen molar-refractivity contribution in [2.45, 2.75) is 6.18 Å². The maximum absolute atomic E-state index is 12.8. The first-order valence-corrected chi connectivity index (χ1v) is 10.1. The summed E-state index contributed by atoms with van der Waals surface area (Å²) in [4.78, 5) is 28.3. The fraction of sp³-hybridized carbons (Fsp3) is 0.0800. The Morgan fingerprint density at radius 3 is 2.32 bits per heavy atom. The van der Waals surface area contributed by atoms with Gasteiger partial charge in [0.1, 0.15) is 17.2 Å². The quantitative estimate of drug-likeness (QED) is 0.399. The van der Waals surface area contributed by atoms with Crippen LogP contribution < -0.4 is 15.4 Å². The Morgan fingerprint density at radius 2 is 1.62 bits per heavy atom. The molecule has 0 spiro atoms. The second-order valence-corrected chi connectivity index (χ2v) is 7.28. The van der Waals surface area contributed by atoms with E-state index in [2.05, 4.69) is 15.6 Å². The summed E-state index contributed by atoms with van der Waals surface area (Å²) < 4.78 is 44.1. The van der Waals surface area contributed by atoms with E-state index in [1.165, 1.54) is 19.3 Å². The largest absolute Gasteiger partial charge is 0.457 e. The predicted molar refractivity (Wildman–Crippen MR) is 121 cm³/mol. The predicted octanol–water partition coefficient (Wildman–Crippen LogP) is 5.66. The number of carbonyl (C=O) groups is 2. The molecule has 4 rings (SSSR count). The number of halogens is 3. The van der Waals surface area contributed by atoms with Crippen molar-refractivity contribution in [3.63, 3.8) is 0 Å². The number of carbonyl (C=O) groups excluding carboxylic acids is 2. The summed E-state index contributed by atoms with van der Waals surface area (Å²) in [5.41, 5.74) is 0.00163. The summed E-state index contributed by atoms with van der Waals surface area (Å²) in [7, 11) is 1.51. The number of hydrogen-bond donors (Lipinski definition) is 2. The molecule has 0 aliphatic heterocycles. The molecule has 0 saturated carbocycles. The van der Waals surface area contributed by atoms with Gasteiger partial charge in [-0.2, -0.15) is 13.2 Å². The lowest BCUT2D eigenvalue weighted by Gasteiger charge is -2.12. The molecule has 0 aliphatic rings. The number of amides is 2. The zero-order chi connectivity index (χ0) is 24.3. The molecule has 6 nitrogen and oxygen atoms in total. The van der Waals surface area contributed by atoms with E-state index in [9.17, 15) is 22.8 Å². The van der Waals surface area contributed by atoms with E-state index in [0.29, 0.717) is 17.2 Å². The van der Waals surface area contributed by atoms with Crippen LogP contribution in [0.4, 0.5) is 18.9 Å². The highest BCUT2D eigenvalue weighted by Crippen LogP contribution is 2.31. The topological polar surface area (TPSA) is 80.3 Å². The number of aromatic nitrogens is 1. The lowest BCUT2D eigenvalue weighted by atomic mass is 10.1. The third kappa shape index (κ3) is 4.98. The van der Waals surface area contributed by atoms with Gasteiger partial charge in [0.05, 0.1) is 5.56 Å². The molecule has 0 bridgehead atoms. The highest BCUT2D eigenvalue weighted by atomic mass is 19.4. The maximum atomic E-state index is 12.8. The fourth-order valence-corrected chi connectivity index (χ4v) is 3.30. The van der Waals surface area contributed by atoms with Crippen molar-refractivity contribution in [3.8, 4) is 11.5 Å². The number of nitrogens with one attached hydrogen (secondary N) is 2.